The van der Waals surface area contributed by atoms with Gasteiger partial charge in [0.05, 0.1) is 22.9 Å². The number of ether oxygens (including phenoxy) is 2. The molecule has 0 spiro atoms. The lowest BCUT2D eigenvalue weighted by Gasteiger charge is -2.29. The normalized spacial score (nSPS) is 33.2. The Morgan fingerprint density at radius 1 is 1.11 bits per heavy atom. The molecule has 19 heteroatoms. The maximum Gasteiger partial charge on any atom is 0.363 e. The molecular weight excluding hydrogens is 632 g/mol. The second-order valence-corrected chi connectivity index (χ2v) is 8.97. The fourth-order valence-electron chi connectivity index (χ4n) is 3.59. The zero-order valence-corrected chi connectivity index (χ0v) is 20.5. The van der Waals surface area contributed by atoms with Crippen LogP contribution in [0.15, 0.2) is 37.6 Å². The van der Waals surface area contributed by atoms with Crippen LogP contribution in [-0.4, -0.2) is 83.0 Å². The van der Waals surface area contributed by atoms with Crippen LogP contribution in [0.5, 0.6) is 0 Å². The van der Waals surface area contributed by atoms with Crippen molar-refractivity contribution in [2.75, 3.05) is 13.2 Å². The summed E-state index contributed by atoms with van der Waals surface area (Å²) in [5.41, 5.74) is -3.43. The molecule has 0 aliphatic carbocycles. The number of alkyl halides is 2. The summed E-state index contributed by atoms with van der Waals surface area (Å²) < 4.78 is 52.3. The zero-order chi connectivity index (χ0) is 27.7. The van der Waals surface area contributed by atoms with Crippen molar-refractivity contribution in [2.24, 2.45) is 0 Å². The lowest BCUT2D eigenvalue weighted by atomic mass is 10.1. The van der Waals surface area contributed by atoms with Crippen molar-refractivity contribution in [2.45, 2.75) is 48.9 Å². The van der Waals surface area contributed by atoms with Crippen LogP contribution in [-0.2, 0) is 20.4 Å². The molecule has 0 amide bonds. The minimum atomic E-state index is -4.11. The molecule has 2 fully saturated rings. The van der Waals surface area contributed by atoms with Crippen molar-refractivity contribution in [1.82, 2.24) is 19.1 Å². The highest BCUT2D eigenvalue weighted by molar-refractivity contribution is 14.1. The Kier molecular flexibility index (Phi) is 8.78. The number of hydrogen-bond acceptors (Lipinski definition) is 11. The highest BCUT2D eigenvalue weighted by atomic mass is 127. The minimum Gasteiger partial charge on any atom is -0.394 e. The Labute approximate surface area is 215 Å². The van der Waals surface area contributed by atoms with Gasteiger partial charge in [-0.1, -0.05) is 0 Å². The van der Waals surface area contributed by atoms with Crippen molar-refractivity contribution in [3.05, 3.63) is 63.7 Å². The lowest BCUT2D eigenvalue weighted by molar-refractivity contribution is -0.406. The van der Waals surface area contributed by atoms with Crippen LogP contribution in [0.3, 0.4) is 0 Å². The lowest BCUT2D eigenvalue weighted by Crippen LogP contribution is -2.56. The molecule has 15 nitrogen and oxygen atoms in total. The Morgan fingerprint density at radius 3 is 2.30 bits per heavy atom. The summed E-state index contributed by atoms with van der Waals surface area (Å²) in [5, 5.41) is 36.7. The molecule has 6 N–H and O–H groups in total. The molecule has 7 atom stereocenters. The van der Waals surface area contributed by atoms with Crippen LogP contribution in [0.4, 0.5) is 13.3 Å². The van der Waals surface area contributed by atoms with Crippen molar-refractivity contribution >= 4 is 22.6 Å². The van der Waals surface area contributed by atoms with Gasteiger partial charge in [0.25, 0.3) is 11.1 Å². The van der Waals surface area contributed by atoms with E-state index < -0.39 is 71.6 Å². The third-order valence-corrected chi connectivity index (χ3v) is 6.27. The summed E-state index contributed by atoms with van der Waals surface area (Å²) >= 11 is 1.80. The molecule has 0 bridgehead atoms. The van der Waals surface area contributed by atoms with Gasteiger partial charge < -0.3 is 29.9 Å². The highest BCUT2D eigenvalue weighted by Crippen LogP contribution is 2.47. The van der Waals surface area contributed by atoms with E-state index >= 15 is 0 Å². The molecule has 0 aromatic carbocycles. The van der Waals surface area contributed by atoms with E-state index in [0.717, 1.165) is 0 Å². The van der Waals surface area contributed by atoms with Gasteiger partial charge in [-0.3, -0.25) is 24.1 Å². The number of aliphatic hydroxyl groups is 4. The molecule has 0 radical (unpaired) electrons. The van der Waals surface area contributed by atoms with Crippen LogP contribution in [0.1, 0.15) is 12.6 Å². The van der Waals surface area contributed by atoms with Gasteiger partial charge >= 0.3 is 23.2 Å². The molecule has 2 aromatic rings. The molecule has 0 unspecified atom stereocenters. The monoisotopic (exact) mass is 652 g/mol. The molecule has 2 aliphatic heterocycles. The van der Waals surface area contributed by atoms with E-state index in [1.165, 1.54) is 10.8 Å². The number of nitrogens with one attached hydrogen (secondary N) is 2. The smallest absolute Gasteiger partial charge is 0.363 e. The molecule has 4 rings (SSSR count). The van der Waals surface area contributed by atoms with Gasteiger partial charge in [0, 0.05) is 24.9 Å². The third-order valence-electron chi connectivity index (χ3n) is 5.51. The van der Waals surface area contributed by atoms with Crippen molar-refractivity contribution in [3.8, 4) is 0 Å². The first-order chi connectivity index (χ1) is 17.3. The average Bonchev–Trinajstić information content (AvgIpc) is 3.32. The van der Waals surface area contributed by atoms with E-state index in [0.29, 0.717) is 15.8 Å². The van der Waals surface area contributed by atoms with E-state index in [1.54, 1.807) is 27.6 Å². The highest BCUT2D eigenvalue weighted by Gasteiger charge is 2.73. The Morgan fingerprint density at radius 2 is 1.76 bits per heavy atom. The third kappa shape index (κ3) is 5.30. The Bertz CT molecular complexity index is 1350. The van der Waals surface area contributed by atoms with Crippen LogP contribution in [0.2, 0.25) is 0 Å². The predicted molar refractivity (Wildman–Crippen MR) is 120 cm³/mol. The molecule has 206 valence electrons. The summed E-state index contributed by atoms with van der Waals surface area (Å²) in [7, 11) is 0. The second-order valence-electron chi connectivity index (χ2n) is 7.81. The molecule has 2 aliphatic rings. The number of aromatic nitrogens is 4. The summed E-state index contributed by atoms with van der Waals surface area (Å²) in [6, 6.07) is 0.642. The van der Waals surface area contributed by atoms with E-state index in [2.05, 4.69) is 14.7 Å². The quantitative estimate of drug-likeness (QED) is 0.182. The second kappa shape index (κ2) is 11.1. The number of nitrogens with zero attached hydrogens (tertiary/aromatic N) is 2. The molecule has 2 aromatic heterocycles. The first-order valence-corrected chi connectivity index (χ1v) is 11.3. The first kappa shape index (κ1) is 29.2. The molecule has 2 saturated heterocycles. The maximum atomic E-state index is 14.6. The standard InChI is InChI=1S/C9H9F3N2O6.C9H11IN2O5/c10-8(20-12)6(17)4(3-15)19-9(8,11)14-2-1-5(16)13-7(14)18;10-4-2-12(9(16)11-8(4)15)7-1-5(14)6(3-13)17-7/h1-2,4,6,15,17H,3H2,(H,13,16,18);2,5-7,13-14H,1,3H2,(H,11,15,16)/t4-,6-,8-,9+;5-,6+,7+/m10/s1. The molecular formula is C18H20F3IN4O11. The van der Waals surface area contributed by atoms with Crippen LogP contribution >= 0.6 is 22.6 Å². The SMILES string of the molecule is O=c1[nH]c(=O)n([C@H]2C[C@H](O)[C@@H](CO)O2)cc1I.O=c1ccn([C@]2(F)O[C@H](CO)[C@@H](O)[C@@]2(F)OF)c(=O)[nH]1. The van der Waals surface area contributed by atoms with Gasteiger partial charge in [-0.2, -0.15) is 8.78 Å². The van der Waals surface area contributed by atoms with Crippen LogP contribution in [0.25, 0.3) is 0 Å². The Balaban J connectivity index is 0.000000208. The Hall–Kier alpha value is -2.40. The summed E-state index contributed by atoms with van der Waals surface area (Å²) in [4.78, 5) is 51.6. The van der Waals surface area contributed by atoms with Crippen molar-refractivity contribution in [3.63, 3.8) is 0 Å². The number of aliphatic hydroxyl groups excluding tert-OH is 4. The van der Waals surface area contributed by atoms with Crippen molar-refractivity contribution < 1.29 is 48.1 Å². The fourth-order valence-corrected chi connectivity index (χ4v) is 4.02. The molecule has 37 heavy (non-hydrogen) atoms. The molecule has 0 saturated carbocycles. The fraction of sp³-hybridized carbons (Fsp3) is 0.556. The van der Waals surface area contributed by atoms with Crippen molar-refractivity contribution in [1.29, 1.82) is 0 Å². The van der Waals surface area contributed by atoms with Crippen LogP contribution < -0.4 is 22.5 Å². The number of aromatic amines is 2. The summed E-state index contributed by atoms with van der Waals surface area (Å²) in [5.74, 6) is -8.03. The zero-order valence-electron chi connectivity index (χ0n) is 18.3. The predicted octanol–water partition coefficient (Wildman–Crippen LogP) is -2.78. The summed E-state index contributed by atoms with van der Waals surface area (Å²) in [6.45, 7) is -1.38. The maximum absolute atomic E-state index is 14.6. The largest absolute Gasteiger partial charge is 0.394 e. The van der Waals surface area contributed by atoms with Gasteiger partial charge in [-0.05, 0) is 27.1 Å². The summed E-state index contributed by atoms with van der Waals surface area (Å²) in [6.07, 6.45) is -4.56. The number of halogens is 4. The number of H-pyrrole nitrogens is 2. The van der Waals surface area contributed by atoms with E-state index in [1.807, 2.05) is 0 Å². The van der Waals surface area contributed by atoms with Gasteiger partial charge in [-0.25, -0.2) is 14.2 Å². The number of hydrogen-bond donors (Lipinski definition) is 6. The molecule has 4 heterocycles. The topological polar surface area (TPSA) is 218 Å². The van der Waals surface area contributed by atoms with Gasteiger partial charge in [0.1, 0.15) is 18.4 Å². The van der Waals surface area contributed by atoms with E-state index in [-0.39, 0.29) is 17.6 Å². The number of rotatable bonds is 5. The van der Waals surface area contributed by atoms with Gasteiger partial charge in [0.15, 0.2) is 6.10 Å². The minimum absolute atomic E-state index is 0.146. The van der Waals surface area contributed by atoms with E-state index in [4.69, 9.17) is 14.9 Å². The van der Waals surface area contributed by atoms with Crippen LogP contribution in [0, 0.1) is 3.57 Å². The van der Waals surface area contributed by atoms with E-state index in [9.17, 15) is 42.7 Å². The average molecular weight is 652 g/mol. The van der Waals surface area contributed by atoms with Gasteiger partial charge in [0.2, 0.25) is 0 Å². The first-order valence-electron chi connectivity index (χ1n) is 10.2. The van der Waals surface area contributed by atoms with Gasteiger partial charge in [-0.15, -0.1) is 4.94 Å².